The SMILES string of the molecule is N#CC(O)CCC1CCCC1. The monoisotopic (exact) mass is 153 g/mol. The van der Waals surface area contributed by atoms with Crippen molar-refractivity contribution in [2.75, 3.05) is 0 Å². The van der Waals surface area contributed by atoms with Gasteiger partial charge < -0.3 is 5.11 Å². The molecule has 1 atom stereocenters. The summed E-state index contributed by atoms with van der Waals surface area (Å²) in [6.45, 7) is 0. The molecule has 1 N–H and O–H groups in total. The minimum atomic E-state index is -0.726. The lowest BCUT2D eigenvalue weighted by molar-refractivity contribution is 0.207. The van der Waals surface area contributed by atoms with Crippen LogP contribution in [0.1, 0.15) is 38.5 Å². The molecule has 1 aliphatic carbocycles. The van der Waals surface area contributed by atoms with Crippen LogP contribution in [0.3, 0.4) is 0 Å². The van der Waals surface area contributed by atoms with Gasteiger partial charge in [0.1, 0.15) is 6.10 Å². The predicted octanol–water partition coefficient (Wildman–Crippen LogP) is 1.84. The molecule has 1 unspecified atom stereocenters. The Morgan fingerprint density at radius 3 is 2.64 bits per heavy atom. The molecule has 11 heavy (non-hydrogen) atoms. The van der Waals surface area contributed by atoms with Crippen molar-refractivity contribution in [1.82, 2.24) is 0 Å². The van der Waals surface area contributed by atoms with Gasteiger partial charge in [-0.2, -0.15) is 5.26 Å². The average Bonchev–Trinajstić information content (AvgIpc) is 2.52. The molecular formula is C9H15NO. The van der Waals surface area contributed by atoms with E-state index in [2.05, 4.69) is 0 Å². The van der Waals surface area contributed by atoms with E-state index in [4.69, 9.17) is 10.4 Å². The number of nitrogens with zero attached hydrogens (tertiary/aromatic N) is 1. The van der Waals surface area contributed by atoms with Crippen molar-refractivity contribution in [3.05, 3.63) is 0 Å². The summed E-state index contributed by atoms with van der Waals surface area (Å²) in [5.74, 6) is 0.790. The highest BCUT2D eigenvalue weighted by Crippen LogP contribution is 2.28. The van der Waals surface area contributed by atoms with Gasteiger partial charge in [-0.3, -0.25) is 0 Å². The summed E-state index contributed by atoms with van der Waals surface area (Å²) in [7, 11) is 0. The minimum absolute atomic E-state index is 0.668. The van der Waals surface area contributed by atoms with Crippen LogP contribution < -0.4 is 0 Å². The second-order valence-corrected chi connectivity index (χ2v) is 3.37. The molecule has 2 nitrogen and oxygen atoms in total. The third-order valence-corrected chi connectivity index (χ3v) is 2.47. The fraction of sp³-hybridized carbons (Fsp3) is 0.889. The Balaban J connectivity index is 2.07. The zero-order valence-corrected chi connectivity index (χ0v) is 6.79. The molecule has 0 heterocycles. The fourth-order valence-electron chi connectivity index (χ4n) is 1.76. The Labute approximate surface area is 67.8 Å². The van der Waals surface area contributed by atoms with Gasteiger partial charge in [0, 0.05) is 0 Å². The van der Waals surface area contributed by atoms with Crippen LogP contribution in [0.2, 0.25) is 0 Å². The highest BCUT2D eigenvalue weighted by molar-refractivity contribution is 4.82. The lowest BCUT2D eigenvalue weighted by Gasteiger charge is -2.07. The summed E-state index contributed by atoms with van der Waals surface area (Å²) < 4.78 is 0. The summed E-state index contributed by atoms with van der Waals surface area (Å²) in [5.41, 5.74) is 0. The molecule has 0 radical (unpaired) electrons. The molecule has 1 aliphatic rings. The van der Waals surface area contributed by atoms with E-state index in [1.54, 1.807) is 0 Å². The average molecular weight is 153 g/mol. The standard InChI is InChI=1S/C9H15NO/c10-7-9(11)6-5-8-3-1-2-4-8/h8-9,11H,1-6H2. The molecular weight excluding hydrogens is 138 g/mol. The van der Waals surface area contributed by atoms with Gasteiger partial charge in [0.25, 0.3) is 0 Å². The summed E-state index contributed by atoms with van der Waals surface area (Å²) in [5, 5.41) is 17.3. The Morgan fingerprint density at radius 1 is 1.45 bits per heavy atom. The normalized spacial score (nSPS) is 21.5. The number of aliphatic hydroxyl groups is 1. The first kappa shape index (κ1) is 8.55. The molecule has 0 aliphatic heterocycles. The van der Waals surface area contributed by atoms with Crippen LogP contribution in [0.5, 0.6) is 0 Å². The zero-order valence-electron chi connectivity index (χ0n) is 6.79. The Hall–Kier alpha value is -0.550. The van der Waals surface area contributed by atoms with Crippen molar-refractivity contribution >= 4 is 0 Å². The second-order valence-electron chi connectivity index (χ2n) is 3.37. The molecule has 2 heteroatoms. The van der Waals surface area contributed by atoms with Crippen molar-refractivity contribution in [3.63, 3.8) is 0 Å². The van der Waals surface area contributed by atoms with Crippen molar-refractivity contribution in [3.8, 4) is 6.07 Å². The molecule has 0 spiro atoms. The van der Waals surface area contributed by atoms with Crippen LogP contribution in [-0.2, 0) is 0 Å². The molecule has 1 saturated carbocycles. The summed E-state index contributed by atoms with van der Waals surface area (Å²) >= 11 is 0. The predicted molar refractivity (Wildman–Crippen MR) is 42.8 cm³/mol. The first-order valence-corrected chi connectivity index (χ1v) is 4.40. The largest absolute Gasteiger partial charge is 0.378 e. The van der Waals surface area contributed by atoms with E-state index < -0.39 is 6.10 Å². The van der Waals surface area contributed by atoms with Gasteiger partial charge in [-0.15, -0.1) is 0 Å². The van der Waals surface area contributed by atoms with Crippen molar-refractivity contribution in [2.24, 2.45) is 5.92 Å². The molecule has 1 rings (SSSR count). The van der Waals surface area contributed by atoms with Crippen molar-refractivity contribution in [2.45, 2.75) is 44.6 Å². The lowest BCUT2D eigenvalue weighted by Crippen LogP contribution is -2.05. The maximum Gasteiger partial charge on any atom is 0.140 e. The van der Waals surface area contributed by atoms with E-state index >= 15 is 0 Å². The third kappa shape index (κ3) is 2.90. The van der Waals surface area contributed by atoms with E-state index in [-0.39, 0.29) is 0 Å². The van der Waals surface area contributed by atoms with E-state index in [1.165, 1.54) is 25.7 Å². The number of aliphatic hydroxyl groups excluding tert-OH is 1. The number of rotatable bonds is 3. The molecule has 62 valence electrons. The Bertz CT molecular complexity index is 144. The van der Waals surface area contributed by atoms with E-state index in [9.17, 15) is 0 Å². The van der Waals surface area contributed by atoms with Crippen LogP contribution in [0.15, 0.2) is 0 Å². The first-order valence-electron chi connectivity index (χ1n) is 4.40. The minimum Gasteiger partial charge on any atom is -0.378 e. The summed E-state index contributed by atoms with van der Waals surface area (Å²) in [4.78, 5) is 0. The van der Waals surface area contributed by atoms with Gasteiger partial charge in [-0.25, -0.2) is 0 Å². The third-order valence-electron chi connectivity index (χ3n) is 2.47. The second kappa shape index (κ2) is 4.35. The van der Waals surface area contributed by atoms with Gasteiger partial charge in [0.15, 0.2) is 0 Å². The highest BCUT2D eigenvalue weighted by Gasteiger charge is 2.15. The van der Waals surface area contributed by atoms with Crippen molar-refractivity contribution in [1.29, 1.82) is 5.26 Å². The van der Waals surface area contributed by atoms with Crippen LogP contribution in [0.25, 0.3) is 0 Å². The van der Waals surface area contributed by atoms with Crippen LogP contribution in [0.4, 0.5) is 0 Å². The fourth-order valence-corrected chi connectivity index (χ4v) is 1.76. The molecule has 0 aromatic heterocycles. The van der Waals surface area contributed by atoms with Crippen molar-refractivity contribution < 1.29 is 5.11 Å². The molecule has 0 aromatic rings. The van der Waals surface area contributed by atoms with Gasteiger partial charge in [0.05, 0.1) is 6.07 Å². The molecule has 1 fully saturated rings. The molecule has 0 aromatic carbocycles. The maximum atomic E-state index is 8.96. The van der Waals surface area contributed by atoms with Gasteiger partial charge in [0.2, 0.25) is 0 Å². The highest BCUT2D eigenvalue weighted by atomic mass is 16.3. The van der Waals surface area contributed by atoms with Crippen LogP contribution >= 0.6 is 0 Å². The number of nitriles is 1. The maximum absolute atomic E-state index is 8.96. The number of hydrogen-bond donors (Lipinski definition) is 1. The van der Waals surface area contributed by atoms with Crippen LogP contribution in [0, 0.1) is 17.2 Å². The summed E-state index contributed by atoms with van der Waals surface area (Å²) in [6.07, 6.45) is 6.27. The topological polar surface area (TPSA) is 44.0 Å². The Morgan fingerprint density at radius 2 is 2.09 bits per heavy atom. The number of hydrogen-bond acceptors (Lipinski definition) is 2. The Kier molecular flexibility index (Phi) is 3.38. The van der Waals surface area contributed by atoms with Gasteiger partial charge in [-0.1, -0.05) is 25.7 Å². The summed E-state index contributed by atoms with van der Waals surface area (Å²) in [6, 6.07) is 1.84. The van der Waals surface area contributed by atoms with E-state index in [1.807, 2.05) is 6.07 Å². The van der Waals surface area contributed by atoms with Crippen LogP contribution in [-0.4, -0.2) is 11.2 Å². The van der Waals surface area contributed by atoms with E-state index in [0.717, 1.165) is 12.3 Å². The quantitative estimate of drug-likeness (QED) is 0.629. The van der Waals surface area contributed by atoms with Gasteiger partial charge >= 0.3 is 0 Å². The smallest absolute Gasteiger partial charge is 0.140 e. The van der Waals surface area contributed by atoms with Gasteiger partial charge in [-0.05, 0) is 18.8 Å². The molecule has 0 amide bonds. The van der Waals surface area contributed by atoms with E-state index in [0.29, 0.717) is 6.42 Å². The molecule has 0 saturated heterocycles. The zero-order chi connectivity index (χ0) is 8.10. The first-order chi connectivity index (χ1) is 5.33. The lowest BCUT2D eigenvalue weighted by atomic mass is 10.0. The molecule has 0 bridgehead atoms.